The number of carbonyl (C=O) groups excluding carboxylic acids is 1. The zero-order valence-corrected chi connectivity index (χ0v) is 16.5. The Bertz CT molecular complexity index is 722. The van der Waals surface area contributed by atoms with Gasteiger partial charge in [-0.2, -0.15) is 0 Å². The zero-order chi connectivity index (χ0) is 18.2. The number of benzene rings is 2. The first kappa shape index (κ1) is 21.3. The predicted octanol–water partition coefficient (Wildman–Crippen LogP) is 4.22. The minimum atomic E-state index is 0. The number of anilines is 1. The first-order valence-electron chi connectivity index (χ1n) is 9.52. The van der Waals surface area contributed by atoms with Crippen LogP contribution in [-0.2, 0) is 22.4 Å². The molecule has 5 heteroatoms. The summed E-state index contributed by atoms with van der Waals surface area (Å²) in [5.74, 6) is 0.103. The summed E-state index contributed by atoms with van der Waals surface area (Å²) in [6.45, 7) is 1.32. The molecule has 0 saturated carbocycles. The van der Waals surface area contributed by atoms with E-state index in [1.54, 1.807) is 0 Å². The molecule has 4 nitrogen and oxygen atoms in total. The Hall–Kier alpha value is -2.04. The van der Waals surface area contributed by atoms with Crippen LogP contribution in [0.3, 0.4) is 0 Å². The van der Waals surface area contributed by atoms with Gasteiger partial charge in [0.2, 0.25) is 5.91 Å². The Morgan fingerprint density at radius 2 is 1.96 bits per heavy atom. The molecule has 3 rings (SSSR count). The number of ether oxygens (including phenoxy) is 1. The number of nitrogens with one attached hydrogen (secondary N) is 1. The summed E-state index contributed by atoms with van der Waals surface area (Å²) in [6.07, 6.45) is 5.30. The molecule has 2 aromatic rings. The van der Waals surface area contributed by atoms with Gasteiger partial charge in [-0.1, -0.05) is 36.4 Å². The van der Waals surface area contributed by atoms with Gasteiger partial charge in [-0.05, 0) is 60.9 Å². The number of hydrogen-bond acceptors (Lipinski definition) is 3. The van der Waals surface area contributed by atoms with Crippen LogP contribution in [0, 0.1) is 0 Å². The minimum Gasteiger partial charge on any atom is -0.399 e. The van der Waals surface area contributed by atoms with Crippen molar-refractivity contribution in [3.05, 3.63) is 65.2 Å². The first-order valence-corrected chi connectivity index (χ1v) is 9.52. The molecule has 146 valence electrons. The van der Waals surface area contributed by atoms with Crippen LogP contribution in [0.4, 0.5) is 5.69 Å². The van der Waals surface area contributed by atoms with E-state index in [0.29, 0.717) is 19.6 Å². The number of amides is 1. The van der Waals surface area contributed by atoms with Gasteiger partial charge in [0.1, 0.15) is 0 Å². The highest BCUT2D eigenvalue weighted by molar-refractivity contribution is 5.85. The van der Waals surface area contributed by atoms with Crippen LogP contribution >= 0.6 is 12.4 Å². The molecule has 0 saturated heterocycles. The van der Waals surface area contributed by atoms with Crippen LogP contribution in [0.5, 0.6) is 0 Å². The average molecular weight is 389 g/mol. The minimum absolute atomic E-state index is 0. The standard InChI is InChI=1S/C22H28N2O2.ClH/c23-19-11-12-20-18(16-19)8-4-9-21(20)24-22(25)10-5-14-26-15-13-17-6-2-1-3-7-17;/h1-3,6-7,11-12,16,21H,4-5,8-10,13-15,23H2,(H,24,25);1H. The maximum atomic E-state index is 12.3. The smallest absolute Gasteiger partial charge is 0.220 e. The fourth-order valence-electron chi connectivity index (χ4n) is 3.52. The molecule has 2 aromatic carbocycles. The van der Waals surface area contributed by atoms with Crippen molar-refractivity contribution in [3.63, 3.8) is 0 Å². The van der Waals surface area contributed by atoms with Crippen molar-refractivity contribution in [3.8, 4) is 0 Å². The summed E-state index contributed by atoms with van der Waals surface area (Å²) >= 11 is 0. The Morgan fingerprint density at radius 1 is 1.15 bits per heavy atom. The third kappa shape index (κ3) is 6.56. The Kier molecular flexibility index (Phi) is 8.62. The average Bonchev–Trinajstić information content (AvgIpc) is 2.65. The highest BCUT2D eigenvalue weighted by atomic mass is 35.5. The van der Waals surface area contributed by atoms with E-state index < -0.39 is 0 Å². The molecule has 1 aliphatic rings. The second kappa shape index (κ2) is 11.0. The number of nitrogens with two attached hydrogens (primary N) is 1. The third-order valence-corrected chi connectivity index (χ3v) is 4.89. The largest absolute Gasteiger partial charge is 0.399 e. The number of hydrogen-bond donors (Lipinski definition) is 2. The van der Waals surface area contributed by atoms with E-state index in [4.69, 9.17) is 10.5 Å². The van der Waals surface area contributed by atoms with Gasteiger partial charge in [-0.15, -0.1) is 12.4 Å². The van der Waals surface area contributed by atoms with E-state index in [0.717, 1.165) is 37.8 Å². The zero-order valence-electron chi connectivity index (χ0n) is 15.7. The Morgan fingerprint density at radius 3 is 2.78 bits per heavy atom. The summed E-state index contributed by atoms with van der Waals surface area (Å²) in [6, 6.07) is 16.4. The number of rotatable bonds is 8. The number of carbonyl (C=O) groups is 1. The van der Waals surface area contributed by atoms with Crippen LogP contribution < -0.4 is 11.1 Å². The van der Waals surface area contributed by atoms with Gasteiger partial charge in [0.05, 0.1) is 12.6 Å². The molecule has 0 bridgehead atoms. The number of fused-ring (bicyclic) bond motifs is 1. The number of aryl methyl sites for hydroxylation is 1. The first-order chi connectivity index (χ1) is 12.7. The molecule has 1 atom stereocenters. The lowest BCUT2D eigenvalue weighted by Crippen LogP contribution is -2.31. The van der Waals surface area contributed by atoms with Gasteiger partial charge < -0.3 is 15.8 Å². The van der Waals surface area contributed by atoms with Gasteiger partial charge in [-0.25, -0.2) is 0 Å². The van der Waals surface area contributed by atoms with Crippen LogP contribution in [0.1, 0.15) is 48.4 Å². The van der Waals surface area contributed by atoms with Gasteiger partial charge in [-0.3, -0.25) is 4.79 Å². The quantitative estimate of drug-likeness (QED) is 0.525. The van der Waals surface area contributed by atoms with E-state index in [1.807, 2.05) is 30.3 Å². The van der Waals surface area contributed by atoms with E-state index in [1.165, 1.54) is 16.7 Å². The monoisotopic (exact) mass is 388 g/mol. The Labute approximate surface area is 167 Å². The summed E-state index contributed by atoms with van der Waals surface area (Å²) in [5.41, 5.74) is 10.4. The van der Waals surface area contributed by atoms with Crippen molar-refractivity contribution in [2.75, 3.05) is 18.9 Å². The lowest BCUT2D eigenvalue weighted by molar-refractivity contribution is -0.122. The summed E-state index contributed by atoms with van der Waals surface area (Å²) in [5, 5.41) is 3.18. The number of halogens is 1. The molecule has 0 fully saturated rings. The molecule has 3 N–H and O–H groups in total. The number of nitrogen functional groups attached to an aromatic ring is 1. The van der Waals surface area contributed by atoms with E-state index in [-0.39, 0.29) is 24.4 Å². The SMILES string of the molecule is Cl.Nc1ccc2c(c1)CCCC2NC(=O)CCCOCCc1ccccc1. The molecule has 0 radical (unpaired) electrons. The van der Waals surface area contributed by atoms with Crippen molar-refractivity contribution in [2.24, 2.45) is 0 Å². The topological polar surface area (TPSA) is 64.3 Å². The third-order valence-electron chi connectivity index (χ3n) is 4.89. The predicted molar refractivity (Wildman–Crippen MR) is 112 cm³/mol. The maximum Gasteiger partial charge on any atom is 0.220 e. The summed E-state index contributed by atoms with van der Waals surface area (Å²) in [7, 11) is 0. The molecule has 0 heterocycles. The van der Waals surface area contributed by atoms with E-state index in [9.17, 15) is 4.79 Å². The molecule has 1 unspecified atom stereocenters. The molecule has 0 spiro atoms. The van der Waals surface area contributed by atoms with Gasteiger partial charge in [0.25, 0.3) is 0 Å². The van der Waals surface area contributed by atoms with E-state index in [2.05, 4.69) is 23.5 Å². The fraction of sp³-hybridized carbons (Fsp3) is 0.409. The lowest BCUT2D eigenvalue weighted by atomic mass is 9.87. The second-order valence-corrected chi connectivity index (χ2v) is 6.92. The van der Waals surface area contributed by atoms with Crippen molar-refractivity contribution in [1.29, 1.82) is 0 Å². The highest BCUT2D eigenvalue weighted by Gasteiger charge is 2.21. The second-order valence-electron chi connectivity index (χ2n) is 6.92. The molecular formula is C22H29ClN2O2. The summed E-state index contributed by atoms with van der Waals surface area (Å²) in [4.78, 5) is 12.3. The Balaban J connectivity index is 0.00000261. The molecule has 0 aliphatic heterocycles. The van der Waals surface area contributed by atoms with E-state index >= 15 is 0 Å². The van der Waals surface area contributed by atoms with Crippen LogP contribution in [0.2, 0.25) is 0 Å². The van der Waals surface area contributed by atoms with Crippen molar-refractivity contribution < 1.29 is 9.53 Å². The molecular weight excluding hydrogens is 360 g/mol. The molecule has 1 aliphatic carbocycles. The lowest BCUT2D eigenvalue weighted by Gasteiger charge is -2.26. The van der Waals surface area contributed by atoms with Gasteiger partial charge in [0, 0.05) is 18.7 Å². The summed E-state index contributed by atoms with van der Waals surface area (Å²) < 4.78 is 5.65. The van der Waals surface area contributed by atoms with Crippen molar-refractivity contribution in [1.82, 2.24) is 5.32 Å². The van der Waals surface area contributed by atoms with Crippen LogP contribution in [0.15, 0.2) is 48.5 Å². The molecule has 1 amide bonds. The normalized spacial score (nSPS) is 15.5. The van der Waals surface area contributed by atoms with Crippen molar-refractivity contribution in [2.45, 2.75) is 44.6 Å². The molecule has 0 aromatic heterocycles. The highest BCUT2D eigenvalue weighted by Crippen LogP contribution is 2.31. The van der Waals surface area contributed by atoms with Gasteiger partial charge in [0.15, 0.2) is 0 Å². The van der Waals surface area contributed by atoms with Crippen LogP contribution in [-0.4, -0.2) is 19.1 Å². The van der Waals surface area contributed by atoms with Gasteiger partial charge >= 0.3 is 0 Å². The van der Waals surface area contributed by atoms with Crippen LogP contribution in [0.25, 0.3) is 0 Å². The fourth-order valence-corrected chi connectivity index (χ4v) is 3.52. The van der Waals surface area contributed by atoms with Crippen molar-refractivity contribution >= 4 is 24.0 Å². The maximum absolute atomic E-state index is 12.3. The molecule has 27 heavy (non-hydrogen) atoms.